The first kappa shape index (κ1) is 13.8. The van der Waals surface area contributed by atoms with Crippen LogP contribution in [-0.2, 0) is 0 Å². The Hall–Kier alpha value is -2.63. The van der Waals surface area contributed by atoms with Crippen LogP contribution in [0.5, 0.6) is 5.75 Å². The third-order valence-electron chi connectivity index (χ3n) is 2.58. The van der Waals surface area contributed by atoms with Crippen molar-refractivity contribution in [2.75, 3.05) is 18.5 Å². The lowest BCUT2D eigenvalue weighted by molar-refractivity contribution is -0.384. The van der Waals surface area contributed by atoms with Gasteiger partial charge < -0.3 is 10.1 Å². The monoisotopic (exact) mass is 276 g/mol. The van der Waals surface area contributed by atoms with Gasteiger partial charge in [0, 0.05) is 24.4 Å². The molecule has 2 rings (SSSR count). The standard InChI is InChI=1S/C14H13FN2O3/c15-13-6-1-2-7-14(13)20-9-8-16-11-4-3-5-12(10-11)17(18)19/h1-7,10,16H,8-9H2. The molecule has 0 atom stereocenters. The summed E-state index contributed by atoms with van der Waals surface area (Å²) in [5, 5.41) is 13.6. The van der Waals surface area contributed by atoms with Crippen LogP contribution >= 0.6 is 0 Å². The van der Waals surface area contributed by atoms with Crippen molar-refractivity contribution >= 4 is 11.4 Å². The second kappa shape index (κ2) is 6.51. The smallest absolute Gasteiger partial charge is 0.271 e. The first-order valence-electron chi connectivity index (χ1n) is 6.02. The van der Waals surface area contributed by atoms with Gasteiger partial charge in [-0.2, -0.15) is 0 Å². The number of nitro groups is 1. The fourth-order valence-corrected chi connectivity index (χ4v) is 1.65. The topological polar surface area (TPSA) is 64.4 Å². The van der Waals surface area contributed by atoms with E-state index in [4.69, 9.17) is 4.74 Å². The Kier molecular flexibility index (Phi) is 4.49. The van der Waals surface area contributed by atoms with E-state index in [-0.39, 0.29) is 18.0 Å². The summed E-state index contributed by atoms with van der Waals surface area (Å²) in [5.74, 6) is -0.226. The maximum Gasteiger partial charge on any atom is 0.271 e. The van der Waals surface area contributed by atoms with Crippen LogP contribution in [0, 0.1) is 15.9 Å². The number of nitrogens with one attached hydrogen (secondary N) is 1. The van der Waals surface area contributed by atoms with Gasteiger partial charge in [-0.1, -0.05) is 18.2 Å². The van der Waals surface area contributed by atoms with Gasteiger partial charge in [0.1, 0.15) is 6.61 Å². The predicted octanol–water partition coefficient (Wildman–Crippen LogP) is 3.22. The van der Waals surface area contributed by atoms with Crippen LogP contribution in [0.1, 0.15) is 0 Å². The number of rotatable bonds is 6. The van der Waals surface area contributed by atoms with Crippen molar-refractivity contribution in [3.8, 4) is 5.75 Å². The van der Waals surface area contributed by atoms with Crippen molar-refractivity contribution in [3.05, 3.63) is 64.5 Å². The summed E-state index contributed by atoms with van der Waals surface area (Å²) in [7, 11) is 0. The fourth-order valence-electron chi connectivity index (χ4n) is 1.65. The number of anilines is 1. The van der Waals surface area contributed by atoms with Gasteiger partial charge in [-0.05, 0) is 18.2 Å². The zero-order valence-electron chi connectivity index (χ0n) is 10.6. The van der Waals surface area contributed by atoms with E-state index in [0.29, 0.717) is 12.2 Å². The average Bonchev–Trinajstić information content (AvgIpc) is 2.45. The molecule has 0 fully saturated rings. The lowest BCUT2D eigenvalue weighted by atomic mass is 10.3. The average molecular weight is 276 g/mol. The van der Waals surface area contributed by atoms with Crippen LogP contribution in [0.3, 0.4) is 0 Å². The van der Waals surface area contributed by atoms with Crippen molar-refractivity contribution < 1.29 is 14.1 Å². The van der Waals surface area contributed by atoms with Gasteiger partial charge in [-0.25, -0.2) is 4.39 Å². The minimum atomic E-state index is -0.457. The lowest BCUT2D eigenvalue weighted by Gasteiger charge is -2.09. The van der Waals surface area contributed by atoms with Crippen molar-refractivity contribution in [1.82, 2.24) is 0 Å². The van der Waals surface area contributed by atoms with E-state index in [0.717, 1.165) is 0 Å². The van der Waals surface area contributed by atoms with Crippen LogP contribution in [-0.4, -0.2) is 18.1 Å². The molecule has 0 aliphatic rings. The third-order valence-corrected chi connectivity index (χ3v) is 2.58. The molecule has 0 unspecified atom stereocenters. The number of hydrogen-bond acceptors (Lipinski definition) is 4. The Morgan fingerprint density at radius 2 is 2.00 bits per heavy atom. The maximum absolute atomic E-state index is 13.3. The number of non-ortho nitro benzene ring substituents is 1. The van der Waals surface area contributed by atoms with E-state index in [1.54, 1.807) is 30.3 Å². The number of para-hydroxylation sites is 1. The zero-order chi connectivity index (χ0) is 14.4. The van der Waals surface area contributed by atoms with Gasteiger partial charge >= 0.3 is 0 Å². The summed E-state index contributed by atoms with van der Waals surface area (Å²) in [4.78, 5) is 10.2. The molecule has 0 aliphatic carbocycles. The van der Waals surface area contributed by atoms with E-state index in [2.05, 4.69) is 5.32 Å². The molecule has 0 saturated carbocycles. The highest BCUT2D eigenvalue weighted by atomic mass is 19.1. The molecule has 5 nitrogen and oxygen atoms in total. The number of ether oxygens (including phenoxy) is 1. The van der Waals surface area contributed by atoms with Crippen LogP contribution in [0.4, 0.5) is 15.8 Å². The van der Waals surface area contributed by atoms with Gasteiger partial charge in [0.15, 0.2) is 11.6 Å². The molecule has 0 amide bonds. The predicted molar refractivity (Wildman–Crippen MR) is 73.5 cm³/mol. The highest BCUT2D eigenvalue weighted by molar-refractivity contribution is 5.50. The molecule has 6 heteroatoms. The molecule has 1 N–H and O–H groups in total. The van der Waals surface area contributed by atoms with Crippen LogP contribution < -0.4 is 10.1 Å². The minimum Gasteiger partial charge on any atom is -0.489 e. The number of halogens is 1. The largest absolute Gasteiger partial charge is 0.489 e. The van der Waals surface area contributed by atoms with E-state index in [1.807, 2.05) is 0 Å². The molecule has 0 aliphatic heterocycles. The summed E-state index contributed by atoms with van der Waals surface area (Å²) in [6.45, 7) is 0.666. The quantitative estimate of drug-likeness (QED) is 0.500. The molecular formula is C14H13FN2O3. The minimum absolute atomic E-state index is 0.0185. The van der Waals surface area contributed by atoms with Crippen LogP contribution in [0.2, 0.25) is 0 Å². The van der Waals surface area contributed by atoms with E-state index in [9.17, 15) is 14.5 Å². The summed E-state index contributed by atoms with van der Waals surface area (Å²) >= 11 is 0. The Morgan fingerprint density at radius 1 is 1.20 bits per heavy atom. The van der Waals surface area contributed by atoms with Gasteiger partial charge in [0.2, 0.25) is 0 Å². The van der Waals surface area contributed by atoms with E-state index < -0.39 is 10.7 Å². The molecule has 0 heterocycles. The number of benzene rings is 2. The van der Waals surface area contributed by atoms with Crippen LogP contribution in [0.25, 0.3) is 0 Å². The molecule has 0 spiro atoms. The number of hydrogen-bond donors (Lipinski definition) is 1. The summed E-state index contributed by atoms with van der Waals surface area (Å²) in [5.41, 5.74) is 0.640. The molecule has 20 heavy (non-hydrogen) atoms. The molecule has 2 aromatic carbocycles. The molecule has 2 aromatic rings. The Labute approximate surface area is 115 Å². The zero-order valence-corrected chi connectivity index (χ0v) is 10.6. The highest BCUT2D eigenvalue weighted by Gasteiger charge is 2.05. The van der Waals surface area contributed by atoms with Crippen molar-refractivity contribution in [3.63, 3.8) is 0 Å². The van der Waals surface area contributed by atoms with Gasteiger partial charge in [0.25, 0.3) is 5.69 Å². The number of nitrogens with zero attached hydrogens (tertiary/aromatic N) is 1. The van der Waals surface area contributed by atoms with Crippen molar-refractivity contribution in [2.24, 2.45) is 0 Å². The summed E-state index contributed by atoms with van der Waals surface area (Å²) in [6, 6.07) is 12.3. The Balaban J connectivity index is 1.83. The molecule has 0 radical (unpaired) electrons. The Morgan fingerprint density at radius 3 is 2.75 bits per heavy atom. The first-order valence-corrected chi connectivity index (χ1v) is 6.02. The fraction of sp³-hybridized carbons (Fsp3) is 0.143. The Bertz CT molecular complexity index is 604. The summed E-state index contributed by atoms with van der Waals surface area (Å²) in [6.07, 6.45) is 0. The van der Waals surface area contributed by atoms with E-state index >= 15 is 0 Å². The van der Waals surface area contributed by atoms with Gasteiger partial charge in [-0.15, -0.1) is 0 Å². The van der Waals surface area contributed by atoms with E-state index in [1.165, 1.54) is 18.2 Å². The van der Waals surface area contributed by atoms with Crippen molar-refractivity contribution in [2.45, 2.75) is 0 Å². The molecule has 104 valence electrons. The molecular weight excluding hydrogens is 263 g/mol. The highest BCUT2D eigenvalue weighted by Crippen LogP contribution is 2.17. The third kappa shape index (κ3) is 3.68. The molecule has 0 saturated heterocycles. The molecule has 0 aromatic heterocycles. The van der Waals surface area contributed by atoms with Gasteiger partial charge in [0.05, 0.1) is 4.92 Å². The number of nitro benzene ring substituents is 1. The second-order valence-corrected chi connectivity index (χ2v) is 4.01. The molecule has 0 bridgehead atoms. The van der Waals surface area contributed by atoms with Crippen LogP contribution in [0.15, 0.2) is 48.5 Å². The lowest BCUT2D eigenvalue weighted by Crippen LogP contribution is -2.12. The van der Waals surface area contributed by atoms with Crippen molar-refractivity contribution in [1.29, 1.82) is 0 Å². The summed E-state index contributed by atoms with van der Waals surface area (Å²) < 4.78 is 18.5. The second-order valence-electron chi connectivity index (χ2n) is 4.01. The SMILES string of the molecule is O=[N+]([O-])c1cccc(NCCOc2ccccc2F)c1. The normalized spacial score (nSPS) is 10.1. The van der Waals surface area contributed by atoms with Gasteiger partial charge in [-0.3, -0.25) is 10.1 Å². The first-order chi connectivity index (χ1) is 9.66. The maximum atomic E-state index is 13.3.